The van der Waals surface area contributed by atoms with E-state index >= 15 is 0 Å². The maximum atomic E-state index is 3.21. The van der Waals surface area contributed by atoms with Gasteiger partial charge >= 0.3 is 0 Å². The van der Waals surface area contributed by atoms with E-state index in [0.717, 1.165) is 12.1 Å². The van der Waals surface area contributed by atoms with Gasteiger partial charge < -0.3 is 5.32 Å². The Morgan fingerprint density at radius 3 is 2.93 bits per heavy atom. The van der Waals surface area contributed by atoms with Gasteiger partial charge in [-0.1, -0.05) is 42.5 Å². The van der Waals surface area contributed by atoms with Crippen LogP contribution < -0.4 is 5.32 Å². The predicted molar refractivity (Wildman–Crippen MR) is 69.3 cm³/mol. The molecule has 1 heteroatoms. The van der Waals surface area contributed by atoms with Crippen LogP contribution in [0.4, 0.5) is 0 Å². The van der Waals surface area contributed by atoms with Crippen LogP contribution in [0.2, 0.25) is 0 Å². The first-order valence-electron chi connectivity index (χ1n) is 5.18. The number of hydrogen-bond acceptors (Lipinski definition) is 1. The van der Waals surface area contributed by atoms with Crippen molar-refractivity contribution in [3.05, 3.63) is 72.7 Å². The maximum absolute atomic E-state index is 3.21. The van der Waals surface area contributed by atoms with E-state index in [-0.39, 0.29) is 1.43 Å². The van der Waals surface area contributed by atoms with Crippen LogP contribution in [-0.4, -0.2) is 0 Å². The van der Waals surface area contributed by atoms with Crippen molar-refractivity contribution in [2.45, 2.75) is 13.3 Å². The minimum Gasteiger partial charge on any atom is -0.362 e. The predicted octanol–water partition coefficient (Wildman–Crippen LogP) is 3.87. The van der Waals surface area contributed by atoms with Crippen LogP contribution >= 0.6 is 0 Å². The molecular formula is C14H19N. The molecule has 0 aliphatic heterocycles. The molecule has 1 N–H and O–H groups in total. The van der Waals surface area contributed by atoms with Gasteiger partial charge in [-0.15, -0.1) is 0 Å². The van der Waals surface area contributed by atoms with Gasteiger partial charge in [0.05, 0.1) is 0 Å². The second kappa shape index (κ2) is 7.63. The molecule has 0 bridgehead atoms. The molecule has 0 saturated heterocycles. The average molecular weight is 201 g/mol. The lowest BCUT2D eigenvalue weighted by atomic mass is 10.3. The number of allylic oxidation sites excluding steroid dienone is 10. The third-order valence-electron chi connectivity index (χ3n) is 1.85. The van der Waals surface area contributed by atoms with Crippen molar-refractivity contribution in [1.29, 1.82) is 0 Å². The van der Waals surface area contributed by atoms with E-state index < -0.39 is 0 Å². The Morgan fingerprint density at radius 1 is 1.20 bits per heavy atom. The lowest BCUT2D eigenvalue weighted by molar-refractivity contribution is 1.11. The number of hydrogen-bond donors (Lipinski definition) is 1. The van der Waals surface area contributed by atoms with E-state index in [1.807, 2.05) is 43.5 Å². The van der Waals surface area contributed by atoms with Crippen molar-refractivity contribution in [3.8, 4) is 0 Å². The number of rotatable bonds is 4. The summed E-state index contributed by atoms with van der Waals surface area (Å²) in [5.74, 6) is 0. The zero-order valence-electron chi connectivity index (χ0n) is 9.06. The van der Waals surface area contributed by atoms with E-state index in [9.17, 15) is 0 Å². The van der Waals surface area contributed by atoms with Crippen molar-refractivity contribution in [2.24, 2.45) is 0 Å². The van der Waals surface area contributed by atoms with E-state index in [1.165, 1.54) is 0 Å². The van der Waals surface area contributed by atoms with Crippen molar-refractivity contribution in [2.75, 3.05) is 0 Å². The topological polar surface area (TPSA) is 12.0 Å². The molecular weight excluding hydrogens is 182 g/mol. The molecule has 0 radical (unpaired) electrons. The Labute approximate surface area is 93.4 Å². The second-order valence-electron chi connectivity index (χ2n) is 3.10. The summed E-state index contributed by atoms with van der Waals surface area (Å²) in [7, 11) is 0. The highest BCUT2D eigenvalue weighted by atomic mass is 14.8. The Hall–Kier alpha value is -1.76. The van der Waals surface area contributed by atoms with Crippen molar-refractivity contribution >= 4 is 0 Å². The molecule has 0 fully saturated rings. The molecule has 15 heavy (non-hydrogen) atoms. The summed E-state index contributed by atoms with van der Waals surface area (Å²) in [5, 5.41) is 3.21. The summed E-state index contributed by atoms with van der Waals surface area (Å²) in [6.45, 7) is 2.00. The van der Waals surface area contributed by atoms with Gasteiger partial charge in [0.1, 0.15) is 0 Å². The molecule has 0 aromatic rings. The Morgan fingerprint density at radius 2 is 2.07 bits per heavy atom. The van der Waals surface area contributed by atoms with Crippen LogP contribution in [-0.2, 0) is 0 Å². The summed E-state index contributed by atoms with van der Waals surface area (Å²) in [4.78, 5) is 0. The quantitative estimate of drug-likeness (QED) is 0.681. The van der Waals surface area contributed by atoms with Gasteiger partial charge in [0.2, 0.25) is 0 Å². The van der Waals surface area contributed by atoms with Crippen molar-refractivity contribution < 1.29 is 1.43 Å². The molecule has 0 unspecified atom stereocenters. The third kappa shape index (κ3) is 5.53. The molecule has 0 aromatic carbocycles. The highest BCUT2D eigenvalue weighted by Crippen LogP contribution is 2.00. The summed E-state index contributed by atoms with van der Waals surface area (Å²) in [6.07, 6.45) is 23.4. The highest BCUT2D eigenvalue weighted by molar-refractivity contribution is 5.27. The maximum Gasteiger partial charge on any atom is 0.0376 e. The van der Waals surface area contributed by atoms with Crippen LogP contribution in [0.1, 0.15) is 14.8 Å². The standard InChI is InChI=1S/C14H17N.H2/c1-2-3-4-7-10-13-15-14-11-8-5-6-9-12-14;/h2-5,7-13,15H,6H2,1H3;1H/b3-2-,7-4-,13-10+;. The Kier molecular flexibility index (Phi) is 5.75. The van der Waals surface area contributed by atoms with E-state index in [0.29, 0.717) is 0 Å². The molecule has 0 heterocycles. The van der Waals surface area contributed by atoms with Gasteiger partial charge in [-0.25, -0.2) is 0 Å². The van der Waals surface area contributed by atoms with E-state index in [2.05, 4.69) is 35.7 Å². The molecule has 1 aliphatic carbocycles. The van der Waals surface area contributed by atoms with Gasteiger partial charge in [0, 0.05) is 13.3 Å². The minimum atomic E-state index is 0. The first-order valence-corrected chi connectivity index (χ1v) is 5.18. The van der Waals surface area contributed by atoms with Crippen LogP contribution in [0.5, 0.6) is 0 Å². The van der Waals surface area contributed by atoms with Gasteiger partial charge in [-0.3, -0.25) is 0 Å². The Balaban J connectivity index is 0.00000225. The first-order chi connectivity index (χ1) is 7.43. The molecule has 0 atom stereocenters. The summed E-state index contributed by atoms with van der Waals surface area (Å²) < 4.78 is 0. The fourth-order valence-corrected chi connectivity index (χ4v) is 1.11. The zero-order chi connectivity index (χ0) is 10.8. The van der Waals surface area contributed by atoms with Crippen molar-refractivity contribution in [1.82, 2.24) is 5.32 Å². The smallest absolute Gasteiger partial charge is 0.0376 e. The fraction of sp³-hybridized carbons (Fsp3) is 0.143. The monoisotopic (exact) mass is 201 g/mol. The van der Waals surface area contributed by atoms with Crippen LogP contribution in [0.3, 0.4) is 0 Å². The van der Waals surface area contributed by atoms with Gasteiger partial charge in [0.15, 0.2) is 0 Å². The molecule has 0 saturated carbocycles. The Bertz CT molecular complexity index is 344. The van der Waals surface area contributed by atoms with E-state index in [4.69, 9.17) is 0 Å². The lowest BCUT2D eigenvalue weighted by Gasteiger charge is -1.97. The largest absolute Gasteiger partial charge is 0.362 e. The second-order valence-corrected chi connectivity index (χ2v) is 3.10. The fourth-order valence-electron chi connectivity index (χ4n) is 1.11. The molecule has 1 rings (SSSR count). The average Bonchev–Trinajstić information content (AvgIpc) is 2.52. The third-order valence-corrected chi connectivity index (χ3v) is 1.85. The molecule has 1 nitrogen and oxygen atoms in total. The summed E-state index contributed by atoms with van der Waals surface area (Å²) in [5.41, 5.74) is 1.11. The first kappa shape index (κ1) is 11.3. The van der Waals surface area contributed by atoms with Crippen LogP contribution in [0.25, 0.3) is 0 Å². The van der Waals surface area contributed by atoms with Crippen molar-refractivity contribution in [3.63, 3.8) is 0 Å². The van der Waals surface area contributed by atoms with E-state index in [1.54, 1.807) is 0 Å². The number of nitrogens with one attached hydrogen (secondary N) is 1. The zero-order valence-corrected chi connectivity index (χ0v) is 9.06. The molecule has 1 aliphatic rings. The lowest BCUT2D eigenvalue weighted by Crippen LogP contribution is -2.00. The normalized spacial score (nSPS) is 16.5. The van der Waals surface area contributed by atoms with Gasteiger partial charge in [-0.2, -0.15) is 0 Å². The minimum absolute atomic E-state index is 0. The summed E-state index contributed by atoms with van der Waals surface area (Å²) >= 11 is 0. The van der Waals surface area contributed by atoms with Gasteiger partial charge in [0.25, 0.3) is 0 Å². The SMILES string of the molecule is C\C=C/C=C\C=C\NC1=CC=CCC=C1.[HH]. The molecule has 0 amide bonds. The highest BCUT2D eigenvalue weighted by Gasteiger charge is 1.87. The van der Waals surface area contributed by atoms with Gasteiger partial charge in [-0.05, 0) is 31.6 Å². The molecule has 0 spiro atoms. The van der Waals surface area contributed by atoms with Crippen LogP contribution in [0.15, 0.2) is 72.7 Å². The van der Waals surface area contributed by atoms with Crippen LogP contribution in [0, 0.1) is 0 Å². The molecule has 0 aromatic heterocycles. The molecule has 80 valence electrons. The summed E-state index contributed by atoms with van der Waals surface area (Å²) in [6, 6.07) is 0.